The Hall–Kier alpha value is -3.14. The van der Waals surface area contributed by atoms with Gasteiger partial charge in [0.05, 0.1) is 6.10 Å². The summed E-state index contributed by atoms with van der Waals surface area (Å²) in [6, 6.07) is 6.41. The standard InChI is InChI=1S/C31H47N3O7/c1-30(2,3)25(27(37)34-18-22(35)17-23(34)28(38)41-31(4,5)6)33-26(36)24(21-15-11-8-12-16-21)32-29(39)40-19-20-13-9-7-10-14-20/h7,9-10,13-14,21-25,35H,8,11-12,15-19H2,1-6H3,(H,32,39)(H,33,36)/t22-,23-,24-,25+/m0/s1. The number of hydrogen-bond acceptors (Lipinski definition) is 7. The summed E-state index contributed by atoms with van der Waals surface area (Å²) in [5.41, 5.74) is -0.665. The summed E-state index contributed by atoms with van der Waals surface area (Å²) in [5.74, 6) is -1.65. The average Bonchev–Trinajstić information content (AvgIpc) is 3.30. The number of likely N-dealkylation sites (tertiary alicyclic amines) is 1. The normalized spacial score (nSPS) is 21.5. The highest BCUT2D eigenvalue weighted by molar-refractivity contribution is 5.94. The molecule has 3 rings (SSSR count). The number of aliphatic hydroxyl groups excluding tert-OH is 1. The lowest BCUT2D eigenvalue weighted by atomic mass is 9.82. The van der Waals surface area contributed by atoms with Gasteiger partial charge in [-0.2, -0.15) is 0 Å². The van der Waals surface area contributed by atoms with Gasteiger partial charge in [0, 0.05) is 13.0 Å². The van der Waals surface area contributed by atoms with E-state index in [-0.39, 0.29) is 25.5 Å². The van der Waals surface area contributed by atoms with Crippen molar-refractivity contribution in [1.82, 2.24) is 15.5 Å². The van der Waals surface area contributed by atoms with Crippen LogP contribution in [-0.2, 0) is 30.5 Å². The van der Waals surface area contributed by atoms with Crippen LogP contribution >= 0.6 is 0 Å². The number of nitrogens with zero attached hydrogens (tertiary/aromatic N) is 1. The summed E-state index contributed by atoms with van der Waals surface area (Å²) in [7, 11) is 0. The predicted molar refractivity (Wildman–Crippen MR) is 153 cm³/mol. The van der Waals surface area contributed by atoms with Crippen LogP contribution in [0.2, 0.25) is 0 Å². The van der Waals surface area contributed by atoms with Crippen molar-refractivity contribution in [2.75, 3.05) is 6.54 Å². The van der Waals surface area contributed by atoms with Crippen LogP contribution in [-0.4, -0.2) is 70.3 Å². The third kappa shape index (κ3) is 9.45. The van der Waals surface area contributed by atoms with E-state index in [4.69, 9.17) is 9.47 Å². The van der Waals surface area contributed by atoms with Gasteiger partial charge in [0.1, 0.15) is 30.3 Å². The molecule has 228 valence electrons. The van der Waals surface area contributed by atoms with Crippen molar-refractivity contribution in [2.45, 2.75) is 117 Å². The van der Waals surface area contributed by atoms with Crippen molar-refractivity contribution in [3.05, 3.63) is 35.9 Å². The van der Waals surface area contributed by atoms with Crippen molar-refractivity contribution < 1.29 is 33.8 Å². The number of ether oxygens (including phenoxy) is 2. The number of carbonyl (C=O) groups is 4. The van der Waals surface area contributed by atoms with Gasteiger partial charge in [-0.1, -0.05) is 70.4 Å². The van der Waals surface area contributed by atoms with Gasteiger partial charge in [-0.05, 0) is 50.5 Å². The maximum atomic E-state index is 13.9. The van der Waals surface area contributed by atoms with Gasteiger partial charge in [-0.25, -0.2) is 9.59 Å². The largest absolute Gasteiger partial charge is 0.458 e. The molecule has 3 amide bonds. The smallest absolute Gasteiger partial charge is 0.408 e. The van der Waals surface area contributed by atoms with Gasteiger partial charge >= 0.3 is 12.1 Å². The van der Waals surface area contributed by atoms with Crippen molar-refractivity contribution in [3.8, 4) is 0 Å². The van der Waals surface area contributed by atoms with E-state index < -0.39 is 59.1 Å². The van der Waals surface area contributed by atoms with E-state index in [2.05, 4.69) is 10.6 Å². The average molecular weight is 574 g/mol. The molecule has 3 N–H and O–H groups in total. The number of aliphatic hydroxyl groups is 1. The second-order valence-electron chi connectivity index (χ2n) is 13.3. The Labute approximate surface area is 243 Å². The van der Waals surface area contributed by atoms with Gasteiger partial charge in [-0.3, -0.25) is 9.59 Å². The van der Waals surface area contributed by atoms with Gasteiger partial charge < -0.3 is 30.1 Å². The maximum Gasteiger partial charge on any atom is 0.408 e. The summed E-state index contributed by atoms with van der Waals surface area (Å²) < 4.78 is 10.9. The van der Waals surface area contributed by atoms with Crippen LogP contribution in [0.3, 0.4) is 0 Å². The SMILES string of the molecule is CC(C)(C)OC(=O)[C@@H]1C[C@H](O)CN1C(=O)[C@@H](NC(=O)[C@@H](NC(=O)OCc1ccccc1)C1CCCCC1)C(C)(C)C. The number of hydrogen-bond donors (Lipinski definition) is 3. The molecule has 4 atom stereocenters. The monoisotopic (exact) mass is 573 g/mol. The van der Waals surface area contributed by atoms with E-state index in [1.807, 2.05) is 51.1 Å². The zero-order valence-electron chi connectivity index (χ0n) is 25.3. The molecular weight excluding hydrogens is 526 g/mol. The molecule has 10 heteroatoms. The molecule has 1 aliphatic heterocycles. The molecule has 2 fully saturated rings. The van der Waals surface area contributed by atoms with E-state index in [0.29, 0.717) is 0 Å². The molecule has 41 heavy (non-hydrogen) atoms. The lowest BCUT2D eigenvalue weighted by Gasteiger charge is -2.37. The fourth-order valence-corrected chi connectivity index (χ4v) is 5.45. The molecule has 0 radical (unpaired) electrons. The Morgan fingerprint density at radius 2 is 1.61 bits per heavy atom. The number of benzene rings is 1. The summed E-state index contributed by atoms with van der Waals surface area (Å²) in [6.45, 7) is 10.7. The first-order valence-corrected chi connectivity index (χ1v) is 14.6. The minimum atomic E-state index is -1.02. The Kier molecular flexibility index (Phi) is 10.8. The predicted octanol–water partition coefficient (Wildman–Crippen LogP) is 3.70. The van der Waals surface area contributed by atoms with E-state index in [0.717, 1.165) is 37.7 Å². The molecule has 0 unspecified atom stereocenters. The highest BCUT2D eigenvalue weighted by atomic mass is 16.6. The summed E-state index contributed by atoms with van der Waals surface area (Å²) in [5, 5.41) is 16.0. The highest BCUT2D eigenvalue weighted by Crippen LogP contribution is 2.30. The fraction of sp³-hybridized carbons (Fsp3) is 0.677. The molecule has 1 saturated carbocycles. The molecular formula is C31H47N3O7. The van der Waals surface area contributed by atoms with Crippen LogP contribution in [0.25, 0.3) is 0 Å². The summed E-state index contributed by atoms with van der Waals surface area (Å²) >= 11 is 0. The Morgan fingerprint density at radius 1 is 0.976 bits per heavy atom. The molecule has 0 bridgehead atoms. The molecule has 2 aliphatic rings. The molecule has 0 spiro atoms. The second-order valence-corrected chi connectivity index (χ2v) is 13.3. The lowest BCUT2D eigenvalue weighted by molar-refractivity contribution is -0.164. The molecule has 1 aromatic rings. The van der Waals surface area contributed by atoms with Gasteiger partial charge in [0.25, 0.3) is 0 Å². The first-order valence-electron chi connectivity index (χ1n) is 14.6. The fourth-order valence-electron chi connectivity index (χ4n) is 5.45. The topological polar surface area (TPSA) is 134 Å². The molecule has 1 saturated heterocycles. The first-order chi connectivity index (χ1) is 19.2. The summed E-state index contributed by atoms with van der Waals surface area (Å²) in [4.78, 5) is 54.8. The van der Waals surface area contributed by atoms with Gasteiger partial charge in [0.2, 0.25) is 11.8 Å². The van der Waals surface area contributed by atoms with E-state index >= 15 is 0 Å². The number of amides is 3. The van der Waals surface area contributed by atoms with Crippen molar-refractivity contribution in [2.24, 2.45) is 11.3 Å². The number of β-amino-alcohol motifs (C(OH)–C–C–N with tert-alkyl or cyclic N) is 1. The van der Waals surface area contributed by atoms with Gasteiger partial charge in [-0.15, -0.1) is 0 Å². The Bertz CT molecular complexity index is 1060. The molecule has 0 aromatic heterocycles. The van der Waals surface area contributed by atoms with E-state index in [1.165, 1.54) is 4.90 Å². The Balaban J connectivity index is 1.77. The number of nitrogens with one attached hydrogen (secondary N) is 2. The summed E-state index contributed by atoms with van der Waals surface area (Å²) in [6.07, 6.45) is 2.96. The highest BCUT2D eigenvalue weighted by Gasteiger charge is 2.46. The second kappa shape index (κ2) is 13.7. The third-order valence-corrected chi connectivity index (χ3v) is 7.53. The molecule has 1 aliphatic carbocycles. The van der Waals surface area contributed by atoms with Crippen LogP contribution in [0, 0.1) is 11.3 Å². The number of carbonyl (C=O) groups excluding carboxylic acids is 4. The zero-order chi connectivity index (χ0) is 30.4. The number of esters is 1. The maximum absolute atomic E-state index is 13.9. The quantitative estimate of drug-likeness (QED) is 0.404. The van der Waals surface area contributed by atoms with Crippen LogP contribution in [0.15, 0.2) is 30.3 Å². The molecule has 1 heterocycles. The third-order valence-electron chi connectivity index (χ3n) is 7.53. The number of alkyl carbamates (subject to hydrolysis) is 1. The minimum Gasteiger partial charge on any atom is -0.458 e. The van der Waals surface area contributed by atoms with Crippen molar-refractivity contribution in [1.29, 1.82) is 0 Å². The minimum absolute atomic E-state index is 0.0404. The van der Waals surface area contributed by atoms with Crippen LogP contribution in [0.4, 0.5) is 4.79 Å². The molecule has 1 aromatic carbocycles. The number of rotatable bonds is 8. The van der Waals surface area contributed by atoms with Crippen LogP contribution in [0.5, 0.6) is 0 Å². The van der Waals surface area contributed by atoms with E-state index in [9.17, 15) is 24.3 Å². The van der Waals surface area contributed by atoms with Crippen molar-refractivity contribution >= 4 is 23.9 Å². The van der Waals surface area contributed by atoms with Crippen LogP contribution in [0.1, 0.15) is 85.6 Å². The lowest BCUT2D eigenvalue weighted by Crippen LogP contribution is -2.61. The molecule has 10 nitrogen and oxygen atoms in total. The zero-order valence-corrected chi connectivity index (χ0v) is 25.3. The van der Waals surface area contributed by atoms with Crippen LogP contribution < -0.4 is 10.6 Å². The van der Waals surface area contributed by atoms with E-state index in [1.54, 1.807) is 20.8 Å². The first kappa shape index (κ1) is 32.4. The van der Waals surface area contributed by atoms with Crippen molar-refractivity contribution in [3.63, 3.8) is 0 Å². The van der Waals surface area contributed by atoms with Gasteiger partial charge in [0.15, 0.2) is 0 Å². The Morgan fingerprint density at radius 3 is 2.20 bits per heavy atom.